The summed E-state index contributed by atoms with van der Waals surface area (Å²) in [6.45, 7) is 0.121. The summed E-state index contributed by atoms with van der Waals surface area (Å²) >= 11 is 0. The molecule has 0 spiro atoms. The van der Waals surface area contributed by atoms with E-state index in [1.54, 1.807) is 30.3 Å². The normalized spacial score (nSPS) is 9.84. The van der Waals surface area contributed by atoms with Crippen molar-refractivity contribution >= 4 is 5.97 Å². The van der Waals surface area contributed by atoms with Crippen molar-refractivity contribution in [2.75, 3.05) is 0 Å². The largest absolute Gasteiger partial charge is 0.489 e. The molecule has 0 aliphatic rings. The molecular formula is C14H11NO4. The summed E-state index contributed by atoms with van der Waals surface area (Å²) < 4.78 is 10.3. The van der Waals surface area contributed by atoms with Crippen LogP contribution < -0.4 is 4.74 Å². The van der Waals surface area contributed by atoms with Crippen LogP contribution in [0.1, 0.15) is 21.7 Å². The zero-order valence-electron chi connectivity index (χ0n) is 10.00. The minimum atomic E-state index is -1.12. The molecule has 0 unspecified atom stereocenters. The van der Waals surface area contributed by atoms with E-state index in [-0.39, 0.29) is 12.4 Å². The second kappa shape index (κ2) is 5.74. The molecule has 1 N–H and O–H groups in total. The van der Waals surface area contributed by atoms with Crippen molar-refractivity contribution in [3.05, 3.63) is 53.5 Å². The van der Waals surface area contributed by atoms with E-state index >= 15 is 0 Å². The molecule has 0 radical (unpaired) electrons. The zero-order valence-corrected chi connectivity index (χ0v) is 10.00. The van der Waals surface area contributed by atoms with E-state index in [4.69, 9.17) is 19.5 Å². The number of carbonyl (C=O) groups is 1. The van der Waals surface area contributed by atoms with Gasteiger partial charge >= 0.3 is 5.97 Å². The molecule has 0 fully saturated rings. The van der Waals surface area contributed by atoms with Gasteiger partial charge in [-0.3, -0.25) is 0 Å². The molecule has 0 aliphatic carbocycles. The van der Waals surface area contributed by atoms with Gasteiger partial charge in [-0.25, -0.2) is 4.79 Å². The van der Waals surface area contributed by atoms with Gasteiger partial charge in [0, 0.05) is 5.56 Å². The molecule has 5 nitrogen and oxygen atoms in total. The van der Waals surface area contributed by atoms with Gasteiger partial charge in [-0.05, 0) is 23.8 Å². The first-order chi connectivity index (χ1) is 9.20. The number of furan rings is 1. The van der Waals surface area contributed by atoms with E-state index < -0.39 is 5.97 Å². The maximum atomic E-state index is 10.8. The minimum absolute atomic E-state index is 0.110. The lowest BCUT2D eigenvalue weighted by molar-refractivity contribution is 0.0658. The van der Waals surface area contributed by atoms with Crippen LogP contribution in [0.3, 0.4) is 0 Å². The topological polar surface area (TPSA) is 83.5 Å². The number of rotatable bonds is 5. The first kappa shape index (κ1) is 12.7. The predicted molar refractivity (Wildman–Crippen MR) is 65.8 cm³/mol. The number of carboxylic acid groups (broad SMARTS) is 1. The Bertz CT molecular complexity index is 607. The lowest BCUT2D eigenvalue weighted by Gasteiger charge is -2.05. The van der Waals surface area contributed by atoms with Crippen LogP contribution in [0.5, 0.6) is 5.75 Å². The van der Waals surface area contributed by atoms with Crippen LogP contribution >= 0.6 is 0 Å². The molecule has 0 aliphatic heterocycles. The van der Waals surface area contributed by atoms with Gasteiger partial charge in [0.2, 0.25) is 5.76 Å². The molecule has 0 atom stereocenters. The molecule has 0 bridgehead atoms. The number of ether oxygens (including phenoxy) is 1. The van der Waals surface area contributed by atoms with Crippen molar-refractivity contribution in [2.24, 2.45) is 0 Å². The van der Waals surface area contributed by atoms with Gasteiger partial charge in [-0.2, -0.15) is 5.26 Å². The van der Waals surface area contributed by atoms with Crippen LogP contribution in [-0.2, 0) is 13.0 Å². The van der Waals surface area contributed by atoms with Gasteiger partial charge in [-0.1, -0.05) is 12.1 Å². The summed E-state index contributed by atoms with van der Waals surface area (Å²) in [6, 6.07) is 10.7. The second-order valence-electron chi connectivity index (χ2n) is 3.85. The van der Waals surface area contributed by atoms with Crippen molar-refractivity contribution in [1.82, 2.24) is 0 Å². The fourth-order valence-corrected chi connectivity index (χ4v) is 1.59. The Balaban J connectivity index is 2.00. The van der Waals surface area contributed by atoms with Crippen LogP contribution in [-0.4, -0.2) is 11.1 Å². The number of hydrogen-bond donors (Lipinski definition) is 1. The Kier molecular flexibility index (Phi) is 3.84. The van der Waals surface area contributed by atoms with Crippen LogP contribution in [0, 0.1) is 11.3 Å². The van der Waals surface area contributed by atoms with Gasteiger partial charge < -0.3 is 14.3 Å². The van der Waals surface area contributed by atoms with Gasteiger partial charge in [0.15, 0.2) is 0 Å². The number of nitriles is 1. The summed E-state index contributed by atoms with van der Waals surface area (Å²) in [5.41, 5.74) is 1.39. The van der Waals surface area contributed by atoms with Crippen molar-refractivity contribution in [2.45, 2.75) is 13.0 Å². The van der Waals surface area contributed by atoms with Crippen LogP contribution in [0.4, 0.5) is 0 Å². The second-order valence-corrected chi connectivity index (χ2v) is 3.85. The molecular weight excluding hydrogens is 246 g/mol. The average molecular weight is 257 g/mol. The Labute approximate surface area is 109 Å². The van der Waals surface area contributed by atoms with E-state index in [1.807, 2.05) is 0 Å². The van der Waals surface area contributed by atoms with Gasteiger partial charge in [0.1, 0.15) is 12.4 Å². The molecule has 1 aromatic carbocycles. The van der Waals surface area contributed by atoms with E-state index in [1.165, 1.54) is 6.26 Å². The Morgan fingerprint density at radius 3 is 2.68 bits per heavy atom. The molecule has 96 valence electrons. The molecule has 5 heteroatoms. The van der Waals surface area contributed by atoms with Gasteiger partial charge in [0.05, 0.1) is 18.8 Å². The third-order valence-corrected chi connectivity index (χ3v) is 2.54. The number of aromatic carboxylic acids is 1. The highest BCUT2D eigenvalue weighted by atomic mass is 16.5. The van der Waals surface area contributed by atoms with Crippen LogP contribution in [0.25, 0.3) is 0 Å². The first-order valence-corrected chi connectivity index (χ1v) is 5.59. The van der Waals surface area contributed by atoms with E-state index in [2.05, 4.69) is 6.07 Å². The first-order valence-electron chi connectivity index (χ1n) is 5.59. The van der Waals surface area contributed by atoms with Crippen LogP contribution in [0.15, 0.2) is 41.0 Å². The average Bonchev–Trinajstić information content (AvgIpc) is 2.87. The highest BCUT2D eigenvalue weighted by molar-refractivity contribution is 5.86. The van der Waals surface area contributed by atoms with Crippen LogP contribution in [0.2, 0.25) is 0 Å². The monoisotopic (exact) mass is 257 g/mol. The maximum Gasteiger partial charge on any atom is 0.372 e. The molecule has 0 saturated heterocycles. The predicted octanol–water partition coefficient (Wildman–Crippen LogP) is 2.62. The summed E-state index contributed by atoms with van der Waals surface area (Å²) in [7, 11) is 0. The molecule has 19 heavy (non-hydrogen) atoms. The van der Waals surface area contributed by atoms with E-state index in [0.717, 1.165) is 5.56 Å². The Hall–Kier alpha value is -2.74. The fraction of sp³-hybridized carbons (Fsp3) is 0.143. The highest BCUT2D eigenvalue weighted by Crippen LogP contribution is 2.17. The molecule has 2 aromatic rings. The van der Waals surface area contributed by atoms with Gasteiger partial charge in [0.25, 0.3) is 0 Å². The Morgan fingerprint density at radius 1 is 1.32 bits per heavy atom. The molecule has 0 saturated carbocycles. The highest BCUT2D eigenvalue weighted by Gasteiger charge is 2.14. The van der Waals surface area contributed by atoms with Crippen molar-refractivity contribution in [3.63, 3.8) is 0 Å². The maximum absolute atomic E-state index is 10.8. The lowest BCUT2D eigenvalue weighted by atomic mass is 10.2. The quantitative estimate of drug-likeness (QED) is 0.890. The third-order valence-electron chi connectivity index (χ3n) is 2.54. The summed E-state index contributed by atoms with van der Waals surface area (Å²) in [5.74, 6) is -0.617. The number of benzene rings is 1. The minimum Gasteiger partial charge on any atom is -0.489 e. The Morgan fingerprint density at radius 2 is 2.05 bits per heavy atom. The zero-order chi connectivity index (χ0) is 13.7. The standard InChI is InChI=1S/C14H11NO4/c15-7-5-10-1-3-12(4-2-10)19-9-11-6-8-18-13(11)14(16)17/h1-4,6,8H,5,9H2,(H,16,17). The molecule has 2 rings (SSSR count). The summed E-state index contributed by atoms with van der Waals surface area (Å²) in [4.78, 5) is 10.8. The molecule has 1 aromatic heterocycles. The van der Waals surface area contributed by atoms with Crippen molar-refractivity contribution < 1.29 is 19.1 Å². The number of carboxylic acids is 1. The number of nitrogens with zero attached hydrogens (tertiary/aromatic N) is 1. The van der Waals surface area contributed by atoms with Gasteiger partial charge in [-0.15, -0.1) is 0 Å². The molecule has 0 amide bonds. The SMILES string of the molecule is N#CCc1ccc(OCc2ccoc2C(=O)O)cc1. The third kappa shape index (κ3) is 3.13. The summed E-state index contributed by atoms with van der Waals surface area (Å²) in [5, 5.41) is 17.4. The number of hydrogen-bond acceptors (Lipinski definition) is 4. The summed E-state index contributed by atoms with van der Waals surface area (Å²) in [6.07, 6.45) is 1.67. The van der Waals surface area contributed by atoms with Crippen molar-refractivity contribution in [1.29, 1.82) is 5.26 Å². The van der Waals surface area contributed by atoms with E-state index in [9.17, 15) is 4.79 Å². The lowest BCUT2D eigenvalue weighted by Crippen LogP contribution is -2.02. The smallest absolute Gasteiger partial charge is 0.372 e. The molecule has 1 heterocycles. The van der Waals surface area contributed by atoms with E-state index in [0.29, 0.717) is 17.7 Å². The fourth-order valence-electron chi connectivity index (χ4n) is 1.59. The van der Waals surface area contributed by atoms with Crippen molar-refractivity contribution in [3.8, 4) is 11.8 Å².